The largest absolute Gasteiger partial charge is 0.343 e. The fraction of sp³-hybridized carbons (Fsp3) is 0.188. The van der Waals surface area contributed by atoms with Crippen molar-refractivity contribution in [1.82, 2.24) is 10.3 Å². The van der Waals surface area contributed by atoms with Crippen LogP contribution in [0.1, 0.15) is 22.8 Å². The van der Waals surface area contributed by atoms with Gasteiger partial charge < -0.3 is 10.6 Å². The van der Waals surface area contributed by atoms with Crippen LogP contribution < -0.4 is 10.6 Å². The number of hydrogen-bond donors (Lipinski definition) is 2. The van der Waals surface area contributed by atoms with Crippen molar-refractivity contribution in [3.63, 3.8) is 0 Å². The summed E-state index contributed by atoms with van der Waals surface area (Å²) in [6.45, 7) is 1.87. The van der Waals surface area contributed by atoms with Crippen LogP contribution >= 0.6 is 11.6 Å². The van der Waals surface area contributed by atoms with Crippen molar-refractivity contribution in [3.05, 3.63) is 58.9 Å². The smallest absolute Gasteiger partial charge is 0.254 e. The van der Waals surface area contributed by atoms with E-state index in [9.17, 15) is 9.59 Å². The Bertz CT molecular complexity index is 689. The number of carbonyl (C=O) groups is 2. The van der Waals surface area contributed by atoms with E-state index in [0.717, 1.165) is 17.7 Å². The summed E-state index contributed by atoms with van der Waals surface area (Å²) in [6.07, 6.45) is 2.31. The van der Waals surface area contributed by atoms with Gasteiger partial charge in [-0.1, -0.05) is 36.7 Å². The maximum Gasteiger partial charge on any atom is 0.254 e. The maximum atomic E-state index is 11.9. The minimum absolute atomic E-state index is 0.108. The fourth-order valence-electron chi connectivity index (χ4n) is 1.96. The van der Waals surface area contributed by atoms with Crippen molar-refractivity contribution in [1.29, 1.82) is 0 Å². The van der Waals surface area contributed by atoms with Gasteiger partial charge in [0, 0.05) is 11.9 Å². The minimum Gasteiger partial charge on any atom is -0.343 e. The molecule has 1 aromatic carbocycles. The molecule has 2 aromatic rings. The number of aromatic nitrogens is 1. The number of hydrogen-bond acceptors (Lipinski definition) is 3. The zero-order valence-electron chi connectivity index (χ0n) is 12.1. The third-order valence-corrected chi connectivity index (χ3v) is 3.39. The van der Waals surface area contributed by atoms with Crippen LogP contribution in [0.25, 0.3) is 0 Å². The fourth-order valence-corrected chi connectivity index (χ4v) is 2.16. The second-order valence-corrected chi connectivity index (χ2v) is 4.94. The van der Waals surface area contributed by atoms with E-state index in [1.165, 1.54) is 6.20 Å². The molecule has 0 fully saturated rings. The highest BCUT2D eigenvalue weighted by Gasteiger charge is 2.12. The van der Waals surface area contributed by atoms with Crippen LogP contribution in [0.4, 0.5) is 5.69 Å². The van der Waals surface area contributed by atoms with Crippen LogP contribution in [-0.2, 0) is 11.2 Å². The van der Waals surface area contributed by atoms with Crippen LogP contribution in [0.2, 0.25) is 5.15 Å². The molecule has 2 rings (SSSR count). The third kappa shape index (κ3) is 4.05. The molecule has 0 aliphatic heterocycles. The molecule has 0 bridgehead atoms. The number of amides is 2. The summed E-state index contributed by atoms with van der Waals surface area (Å²) in [4.78, 5) is 27.7. The number of nitrogens with zero attached hydrogens (tertiary/aromatic N) is 1. The molecular formula is C16H16ClN3O2. The quantitative estimate of drug-likeness (QED) is 0.833. The highest BCUT2D eigenvalue weighted by Crippen LogP contribution is 2.15. The average Bonchev–Trinajstić information content (AvgIpc) is 2.53. The number of pyridine rings is 1. The number of benzene rings is 1. The van der Waals surface area contributed by atoms with Crippen molar-refractivity contribution in [2.24, 2.45) is 0 Å². The zero-order valence-corrected chi connectivity index (χ0v) is 12.9. The second kappa shape index (κ2) is 7.56. The van der Waals surface area contributed by atoms with Gasteiger partial charge in [0.15, 0.2) is 0 Å². The number of anilines is 1. The van der Waals surface area contributed by atoms with E-state index < -0.39 is 5.91 Å². The van der Waals surface area contributed by atoms with Gasteiger partial charge in [0.1, 0.15) is 5.15 Å². The van der Waals surface area contributed by atoms with Gasteiger partial charge in [-0.15, -0.1) is 0 Å². The molecule has 0 radical (unpaired) electrons. The van der Waals surface area contributed by atoms with E-state index in [4.69, 9.17) is 11.6 Å². The number of aryl methyl sites for hydroxylation is 1. The summed E-state index contributed by atoms with van der Waals surface area (Å²) in [7, 11) is 0. The first-order valence-electron chi connectivity index (χ1n) is 6.88. The molecule has 0 saturated heterocycles. The Kier molecular flexibility index (Phi) is 5.49. The van der Waals surface area contributed by atoms with Crippen molar-refractivity contribution in [2.75, 3.05) is 11.9 Å². The van der Waals surface area contributed by atoms with E-state index in [1.807, 2.05) is 31.2 Å². The lowest BCUT2D eigenvalue weighted by Crippen LogP contribution is -2.33. The highest BCUT2D eigenvalue weighted by atomic mass is 35.5. The summed E-state index contributed by atoms with van der Waals surface area (Å²) in [5, 5.41) is 5.41. The van der Waals surface area contributed by atoms with Crippen LogP contribution in [-0.4, -0.2) is 23.3 Å². The molecule has 0 aliphatic carbocycles. The minimum atomic E-state index is -0.433. The summed E-state index contributed by atoms with van der Waals surface area (Å²) in [5.74, 6) is -0.730. The molecule has 5 nitrogen and oxygen atoms in total. The van der Waals surface area contributed by atoms with Crippen LogP contribution in [0.3, 0.4) is 0 Å². The topological polar surface area (TPSA) is 71.1 Å². The van der Waals surface area contributed by atoms with Gasteiger partial charge in [-0.25, -0.2) is 4.98 Å². The van der Waals surface area contributed by atoms with Gasteiger partial charge in [-0.05, 0) is 30.2 Å². The van der Waals surface area contributed by atoms with E-state index >= 15 is 0 Å². The summed E-state index contributed by atoms with van der Waals surface area (Å²) < 4.78 is 0. The van der Waals surface area contributed by atoms with E-state index in [1.54, 1.807) is 12.1 Å². The lowest BCUT2D eigenvalue weighted by molar-refractivity contribution is -0.115. The predicted molar refractivity (Wildman–Crippen MR) is 86.0 cm³/mol. The first-order chi connectivity index (χ1) is 10.6. The van der Waals surface area contributed by atoms with Gasteiger partial charge in [0.05, 0.1) is 12.1 Å². The summed E-state index contributed by atoms with van der Waals surface area (Å²) in [5.41, 5.74) is 2.03. The van der Waals surface area contributed by atoms with E-state index in [0.29, 0.717) is 0 Å². The Labute approximate surface area is 133 Å². The molecule has 0 aliphatic rings. The molecule has 1 heterocycles. The first-order valence-corrected chi connectivity index (χ1v) is 7.26. The SMILES string of the molecule is CCc1ccccc1NC(=O)CNC(=O)c1cccnc1Cl. The summed E-state index contributed by atoms with van der Waals surface area (Å²) >= 11 is 5.83. The monoisotopic (exact) mass is 317 g/mol. The molecule has 0 saturated carbocycles. The van der Waals surface area contributed by atoms with Crippen molar-refractivity contribution in [2.45, 2.75) is 13.3 Å². The molecule has 6 heteroatoms. The van der Waals surface area contributed by atoms with Gasteiger partial charge in [0.2, 0.25) is 5.91 Å². The van der Waals surface area contributed by atoms with Crippen molar-refractivity contribution < 1.29 is 9.59 Å². The second-order valence-electron chi connectivity index (χ2n) is 4.58. The van der Waals surface area contributed by atoms with Crippen molar-refractivity contribution in [3.8, 4) is 0 Å². The van der Waals surface area contributed by atoms with Gasteiger partial charge in [-0.3, -0.25) is 9.59 Å². The molecular weight excluding hydrogens is 302 g/mol. The molecule has 2 amide bonds. The van der Waals surface area contributed by atoms with E-state index in [2.05, 4.69) is 15.6 Å². The first kappa shape index (κ1) is 16.0. The molecule has 22 heavy (non-hydrogen) atoms. The predicted octanol–water partition coefficient (Wildman–Crippen LogP) is 2.67. The summed E-state index contributed by atoms with van der Waals surface area (Å²) in [6, 6.07) is 10.7. The number of carbonyl (C=O) groups excluding carboxylic acids is 2. The standard InChI is InChI=1S/C16H16ClN3O2/c1-2-11-6-3-4-8-13(11)20-14(21)10-19-16(22)12-7-5-9-18-15(12)17/h3-9H,2,10H2,1H3,(H,19,22)(H,20,21). The Morgan fingerprint density at radius 2 is 1.95 bits per heavy atom. The van der Waals surface area contributed by atoms with Gasteiger partial charge in [0.25, 0.3) is 5.91 Å². The van der Waals surface area contributed by atoms with Crippen LogP contribution in [0.5, 0.6) is 0 Å². The molecule has 1 aromatic heterocycles. The molecule has 114 valence electrons. The Morgan fingerprint density at radius 3 is 2.68 bits per heavy atom. The molecule has 0 spiro atoms. The number of nitrogens with one attached hydrogen (secondary N) is 2. The van der Waals surface area contributed by atoms with Crippen molar-refractivity contribution >= 4 is 29.1 Å². The zero-order chi connectivity index (χ0) is 15.9. The Hall–Kier alpha value is -2.40. The number of halogens is 1. The number of para-hydroxylation sites is 1. The Balaban J connectivity index is 1.93. The molecule has 0 unspecified atom stereocenters. The molecule has 2 N–H and O–H groups in total. The van der Waals surface area contributed by atoms with E-state index in [-0.39, 0.29) is 23.2 Å². The third-order valence-electron chi connectivity index (χ3n) is 3.09. The molecule has 0 atom stereocenters. The Morgan fingerprint density at radius 1 is 1.18 bits per heavy atom. The lowest BCUT2D eigenvalue weighted by Gasteiger charge is -2.10. The van der Waals surface area contributed by atoms with Crippen LogP contribution in [0.15, 0.2) is 42.6 Å². The number of rotatable bonds is 5. The average molecular weight is 318 g/mol. The van der Waals surface area contributed by atoms with Crippen LogP contribution in [0, 0.1) is 0 Å². The van der Waals surface area contributed by atoms with Gasteiger partial charge in [-0.2, -0.15) is 0 Å². The maximum absolute atomic E-state index is 11.9. The highest BCUT2D eigenvalue weighted by molar-refractivity contribution is 6.32. The van der Waals surface area contributed by atoms with Gasteiger partial charge >= 0.3 is 0 Å². The normalized spacial score (nSPS) is 10.1. The lowest BCUT2D eigenvalue weighted by atomic mass is 10.1.